The van der Waals surface area contributed by atoms with Gasteiger partial charge in [0, 0.05) is 13.1 Å². The third kappa shape index (κ3) is 4.45. The molecular formula is C25H27BN4O2. The van der Waals surface area contributed by atoms with Gasteiger partial charge in [-0.2, -0.15) is 0 Å². The number of guanidine groups is 1. The molecule has 4 aromatic rings. The Kier molecular flexibility index (Phi) is 6.41. The van der Waals surface area contributed by atoms with E-state index in [0.29, 0.717) is 25.1 Å². The summed E-state index contributed by atoms with van der Waals surface area (Å²) in [6.07, 6.45) is 0. The van der Waals surface area contributed by atoms with Gasteiger partial charge in [-0.05, 0) is 50.7 Å². The minimum atomic E-state index is -1.49. The van der Waals surface area contributed by atoms with Crippen LogP contribution in [0.2, 0.25) is 0 Å². The monoisotopic (exact) mass is 426 g/mol. The fraction of sp³-hybridized carbons (Fsp3) is 0.160. The molecule has 0 saturated carbocycles. The van der Waals surface area contributed by atoms with E-state index in [2.05, 4.69) is 34.2 Å². The van der Waals surface area contributed by atoms with Crippen molar-refractivity contribution in [1.29, 1.82) is 0 Å². The summed E-state index contributed by atoms with van der Waals surface area (Å²) in [5, 5.41) is 24.0. The van der Waals surface area contributed by atoms with Crippen LogP contribution >= 0.6 is 0 Å². The van der Waals surface area contributed by atoms with E-state index in [-0.39, 0.29) is 5.96 Å². The predicted octanol–water partition coefficient (Wildman–Crippen LogP) is 2.08. The number of nitrogens with zero attached hydrogens (tertiary/aromatic N) is 2. The van der Waals surface area contributed by atoms with Crippen molar-refractivity contribution in [3.8, 4) is 0 Å². The number of nitrogens with two attached hydrogens (primary N) is 2. The smallest absolute Gasteiger partial charge is 0.423 e. The van der Waals surface area contributed by atoms with Crippen LogP contribution in [0.5, 0.6) is 0 Å². The van der Waals surface area contributed by atoms with Crippen LogP contribution < -0.4 is 16.9 Å². The highest BCUT2D eigenvalue weighted by Gasteiger charge is 2.18. The summed E-state index contributed by atoms with van der Waals surface area (Å²) >= 11 is 0. The van der Waals surface area contributed by atoms with Gasteiger partial charge in [0.15, 0.2) is 5.96 Å². The molecule has 0 saturated heterocycles. The van der Waals surface area contributed by atoms with Gasteiger partial charge in [-0.25, -0.2) is 4.99 Å². The van der Waals surface area contributed by atoms with Crippen molar-refractivity contribution < 1.29 is 10.0 Å². The van der Waals surface area contributed by atoms with Crippen LogP contribution in [0.1, 0.15) is 16.7 Å². The van der Waals surface area contributed by atoms with Crippen molar-refractivity contribution in [2.24, 2.45) is 16.5 Å². The highest BCUT2D eigenvalue weighted by atomic mass is 16.4. The Labute approximate surface area is 187 Å². The van der Waals surface area contributed by atoms with Gasteiger partial charge < -0.3 is 21.5 Å². The first-order valence-corrected chi connectivity index (χ1v) is 10.5. The van der Waals surface area contributed by atoms with Gasteiger partial charge in [0.1, 0.15) is 0 Å². The fourth-order valence-corrected chi connectivity index (χ4v) is 4.37. The summed E-state index contributed by atoms with van der Waals surface area (Å²) in [7, 11) is 0.549. The highest BCUT2D eigenvalue weighted by molar-refractivity contribution is 6.59. The predicted molar refractivity (Wildman–Crippen MR) is 132 cm³/mol. The Balaban J connectivity index is 1.79. The van der Waals surface area contributed by atoms with Crippen molar-refractivity contribution >= 4 is 40.1 Å². The summed E-state index contributed by atoms with van der Waals surface area (Å²) in [4.78, 5) is 6.47. The van der Waals surface area contributed by atoms with Gasteiger partial charge in [-0.1, -0.05) is 72.8 Å². The van der Waals surface area contributed by atoms with E-state index in [1.165, 1.54) is 5.56 Å². The van der Waals surface area contributed by atoms with Crippen LogP contribution in [0.15, 0.2) is 77.8 Å². The van der Waals surface area contributed by atoms with Gasteiger partial charge in [0.05, 0.1) is 6.54 Å². The molecule has 0 amide bonds. The molecule has 0 atom stereocenters. The number of hydrogen-bond acceptors (Lipinski definition) is 4. The molecule has 6 N–H and O–H groups in total. The van der Waals surface area contributed by atoms with E-state index in [4.69, 9.17) is 11.5 Å². The third-order valence-electron chi connectivity index (χ3n) is 5.78. The van der Waals surface area contributed by atoms with Gasteiger partial charge >= 0.3 is 7.12 Å². The number of rotatable bonds is 7. The lowest BCUT2D eigenvalue weighted by atomic mass is 9.77. The van der Waals surface area contributed by atoms with Crippen molar-refractivity contribution in [3.05, 3.63) is 89.5 Å². The summed E-state index contributed by atoms with van der Waals surface area (Å²) < 4.78 is 0. The van der Waals surface area contributed by atoms with Crippen molar-refractivity contribution in [1.82, 2.24) is 4.90 Å². The van der Waals surface area contributed by atoms with E-state index in [1.54, 1.807) is 6.07 Å². The zero-order valence-electron chi connectivity index (χ0n) is 18.1. The molecule has 0 unspecified atom stereocenters. The average molecular weight is 426 g/mol. The molecule has 0 aliphatic heterocycles. The molecule has 4 aromatic carbocycles. The van der Waals surface area contributed by atoms with Crippen LogP contribution in [-0.4, -0.2) is 35.1 Å². The number of aliphatic imine (C=N–C) groups is 1. The SMILES string of the molecule is CN(Cc1ccccc1B(O)O)Cc1c2ccccc2c(CN=C(N)N)c2ccccc12. The Morgan fingerprint density at radius 3 is 1.81 bits per heavy atom. The lowest BCUT2D eigenvalue weighted by molar-refractivity contribution is 0.321. The van der Waals surface area contributed by atoms with Crippen molar-refractivity contribution in [2.45, 2.75) is 19.6 Å². The topological polar surface area (TPSA) is 108 Å². The maximum Gasteiger partial charge on any atom is 0.488 e. The molecule has 6 nitrogen and oxygen atoms in total. The van der Waals surface area contributed by atoms with Crippen LogP contribution in [0.4, 0.5) is 0 Å². The number of benzene rings is 4. The molecule has 0 bridgehead atoms. The molecule has 0 heterocycles. The van der Waals surface area contributed by atoms with E-state index < -0.39 is 7.12 Å². The van der Waals surface area contributed by atoms with E-state index in [9.17, 15) is 10.0 Å². The minimum Gasteiger partial charge on any atom is -0.423 e. The lowest BCUT2D eigenvalue weighted by Gasteiger charge is -2.22. The maximum absolute atomic E-state index is 9.72. The Hall–Kier alpha value is -3.39. The van der Waals surface area contributed by atoms with Gasteiger partial charge in [0.25, 0.3) is 0 Å². The van der Waals surface area contributed by atoms with Gasteiger partial charge in [-0.3, -0.25) is 4.90 Å². The number of hydrogen-bond donors (Lipinski definition) is 4. The summed E-state index contributed by atoms with van der Waals surface area (Å²) in [5.74, 6) is 0.0757. The molecule has 7 heteroatoms. The van der Waals surface area contributed by atoms with Gasteiger partial charge in [-0.15, -0.1) is 0 Å². The maximum atomic E-state index is 9.72. The highest BCUT2D eigenvalue weighted by Crippen LogP contribution is 2.34. The first-order chi connectivity index (χ1) is 15.5. The summed E-state index contributed by atoms with van der Waals surface area (Å²) in [6.45, 7) is 1.70. The second-order valence-electron chi connectivity index (χ2n) is 8.03. The Bertz CT molecular complexity index is 1230. The quantitative estimate of drug-likeness (QED) is 0.157. The van der Waals surface area contributed by atoms with Crippen LogP contribution in [-0.2, 0) is 19.6 Å². The minimum absolute atomic E-state index is 0.0757. The average Bonchev–Trinajstić information content (AvgIpc) is 2.78. The number of fused-ring (bicyclic) bond motifs is 2. The molecule has 0 spiro atoms. The zero-order chi connectivity index (χ0) is 22.7. The standard InChI is InChI=1S/C25H27BN4O2/c1-30(15-17-8-2-7-13-24(17)26(31)32)16-23-20-11-5-3-9-18(20)22(14-29-25(27)28)19-10-4-6-12-21(19)23/h2-13,31-32H,14-16H2,1H3,(H4,27,28,29). The zero-order valence-corrected chi connectivity index (χ0v) is 18.1. The molecule has 32 heavy (non-hydrogen) atoms. The molecule has 0 aromatic heterocycles. The largest absolute Gasteiger partial charge is 0.488 e. The van der Waals surface area contributed by atoms with E-state index >= 15 is 0 Å². The molecule has 0 aliphatic carbocycles. The van der Waals surface area contributed by atoms with Gasteiger partial charge in [0.2, 0.25) is 0 Å². The van der Waals surface area contributed by atoms with Crippen molar-refractivity contribution in [2.75, 3.05) is 7.05 Å². The summed E-state index contributed by atoms with van der Waals surface area (Å²) in [6, 6.07) is 24.0. The first-order valence-electron chi connectivity index (χ1n) is 10.5. The Morgan fingerprint density at radius 1 is 0.781 bits per heavy atom. The van der Waals surface area contributed by atoms with E-state index in [1.807, 2.05) is 49.5 Å². The Morgan fingerprint density at radius 2 is 1.28 bits per heavy atom. The molecule has 4 rings (SSSR count). The normalized spacial score (nSPS) is 11.2. The van der Waals surface area contributed by atoms with Crippen LogP contribution in [0.3, 0.4) is 0 Å². The second kappa shape index (κ2) is 9.40. The van der Waals surface area contributed by atoms with Crippen molar-refractivity contribution in [3.63, 3.8) is 0 Å². The van der Waals surface area contributed by atoms with Crippen LogP contribution in [0.25, 0.3) is 21.5 Å². The summed E-state index contributed by atoms with van der Waals surface area (Å²) in [5.41, 5.74) is 15.0. The molecule has 0 fully saturated rings. The fourth-order valence-electron chi connectivity index (χ4n) is 4.37. The lowest BCUT2D eigenvalue weighted by Crippen LogP contribution is -2.35. The first kappa shape index (κ1) is 21.8. The molecular weight excluding hydrogens is 399 g/mol. The third-order valence-corrected chi connectivity index (χ3v) is 5.78. The molecule has 0 aliphatic rings. The van der Waals surface area contributed by atoms with E-state index in [0.717, 1.165) is 32.7 Å². The van der Waals surface area contributed by atoms with Crippen LogP contribution in [0, 0.1) is 0 Å². The second-order valence-corrected chi connectivity index (χ2v) is 8.03. The molecule has 162 valence electrons. The molecule has 0 radical (unpaired) electrons.